The van der Waals surface area contributed by atoms with E-state index in [-0.39, 0.29) is 0 Å². The minimum absolute atomic E-state index is 0.306. The number of hydrogen-bond acceptors (Lipinski definition) is 1. The fraction of sp³-hybridized carbons (Fsp3) is 0.800. The Morgan fingerprint density at radius 2 is 0.548 bits per heavy atom. The SMILES string of the molecule is CCC(C)CCC=C(C)C.CCC(C)CCC=C(C)C.CCC(C)CCC=C(C)C.CCC(C)CCC=C(C)C.O[SiH3]. The van der Waals surface area contributed by atoms with Crippen LogP contribution in [-0.4, -0.2) is 15.3 Å². The van der Waals surface area contributed by atoms with Crippen molar-refractivity contribution in [3.8, 4) is 0 Å². The summed E-state index contributed by atoms with van der Waals surface area (Å²) in [5.41, 5.74) is 5.79. The first-order valence-corrected chi connectivity index (χ1v) is 18.5. The lowest BCUT2D eigenvalue weighted by atomic mass is 10.0. The lowest BCUT2D eigenvalue weighted by Gasteiger charge is -2.04. The molecule has 254 valence electrons. The van der Waals surface area contributed by atoms with E-state index in [0.29, 0.717) is 10.5 Å². The highest BCUT2D eigenvalue weighted by molar-refractivity contribution is 5.95. The van der Waals surface area contributed by atoms with E-state index in [1.54, 1.807) is 0 Å². The van der Waals surface area contributed by atoms with Gasteiger partial charge in [-0.2, -0.15) is 0 Å². The molecule has 0 aliphatic carbocycles. The molecular formula is C40H84OSi. The van der Waals surface area contributed by atoms with Crippen molar-refractivity contribution in [2.75, 3.05) is 0 Å². The van der Waals surface area contributed by atoms with Gasteiger partial charge in [-0.1, -0.05) is 128 Å². The van der Waals surface area contributed by atoms with Crippen molar-refractivity contribution in [2.24, 2.45) is 23.7 Å². The molecule has 0 aromatic carbocycles. The predicted octanol–water partition coefficient (Wildman–Crippen LogP) is 13.4. The summed E-state index contributed by atoms with van der Waals surface area (Å²) in [6.45, 7) is 35.6. The molecule has 4 unspecified atom stereocenters. The Morgan fingerprint density at radius 3 is 0.643 bits per heavy atom. The van der Waals surface area contributed by atoms with Crippen molar-refractivity contribution in [3.05, 3.63) is 46.6 Å². The van der Waals surface area contributed by atoms with E-state index < -0.39 is 0 Å². The molecule has 1 N–H and O–H groups in total. The topological polar surface area (TPSA) is 20.2 Å². The summed E-state index contributed by atoms with van der Waals surface area (Å²) >= 11 is 0. The van der Waals surface area contributed by atoms with Gasteiger partial charge in [-0.3, -0.25) is 0 Å². The molecule has 0 aromatic heterocycles. The zero-order valence-corrected chi connectivity index (χ0v) is 34.6. The first kappa shape index (κ1) is 50.7. The molecular weight excluding hydrogens is 525 g/mol. The molecule has 0 aliphatic rings. The molecule has 0 aromatic rings. The van der Waals surface area contributed by atoms with Crippen LogP contribution < -0.4 is 0 Å². The van der Waals surface area contributed by atoms with Gasteiger partial charge in [0.05, 0.1) is 0 Å². The molecule has 1 nitrogen and oxygen atoms in total. The van der Waals surface area contributed by atoms with Gasteiger partial charge in [-0.25, -0.2) is 0 Å². The minimum Gasteiger partial charge on any atom is -0.442 e. The molecule has 0 fully saturated rings. The molecule has 0 saturated carbocycles. The first-order chi connectivity index (χ1) is 19.7. The van der Waals surface area contributed by atoms with E-state index in [4.69, 9.17) is 4.80 Å². The van der Waals surface area contributed by atoms with Crippen LogP contribution in [0.3, 0.4) is 0 Å². The molecule has 0 radical (unpaired) electrons. The molecule has 42 heavy (non-hydrogen) atoms. The molecule has 0 aliphatic heterocycles. The summed E-state index contributed by atoms with van der Waals surface area (Å²) in [6.07, 6.45) is 25.0. The fourth-order valence-electron chi connectivity index (χ4n) is 3.44. The highest BCUT2D eigenvalue weighted by Crippen LogP contribution is 2.12. The summed E-state index contributed by atoms with van der Waals surface area (Å²) < 4.78 is 0. The first-order valence-electron chi connectivity index (χ1n) is 17.6. The standard InChI is InChI=1S/4C10H20.H4OSi/c4*1-5-10(4)8-6-7-9(2)3;1-2/h4*7,10H,5-6,8H2,1-4H3;1H,2H3. The summed E-state index contributed by atoms with van der Waals surface area (Å²) in [4.78, 5) is 7.14. The van der Waals surface area contributed by atoms with Crippen molar-refractivity contribution < 1.29 is 4.80 Å². The van der Waals surface area contributed by atoms with Gasteiger partial charge in [0.2, 0.25) is 0 Å². The fourth-order valence-corrected chi connectivity index (χ4v) is 3.44. The van der Waals surface area contributed by atoms with Gasteiger partial charge in [0.25, 0.3) is 0 Å². The van der Waals surface area contributed by atoms with Gasteiger partial charge in [-0.15, -0.1) is 0 Å². The number of allylic oxidation sites excluding steroid dienone is 8. The van der Waals surface area contributed by atoms with Crippen LogP contribution in [0.4, 0.5) is 0 Å². The van der Waals surface area contributed by atoms with Gasteiger partial charge < -0.3 is 4.80 Å². The largest absolute Gasteiger partial charge is 0.442 e. The van der Waals surface area contributed by atoms with Crippen molar-refractivity contribution in [1.29, 1.82) is 0 Å². The highest BCUT2D eigenvalue weighted by Gasteiger charge is 1.97. The monoisotopic (exact) mass is 609 g/mol. The maximum Gasteiger partial charge on any atom is 0.141 e. The molecule has 2 heteroatoms. The third-order valence-electron chi connectivity index (χ3n) is 7.64. The van der Waals surface area contributed by atoms with E-state index >= 15 is 0 Å². The average molecular weight is 609 g/mol. The van der Waals surface area contributed by atoms with Crippen LogP contribution in [0.5, 0.6) is 0 Å². The molecule has 0 saturated heterocycles. The van der Waals surface area contributed by atoms with Crippen molar-refractivity contribution in [3.63, 3.8) is 0 Å². The summed E-state index contributed by atoms with van der Waals surface area (Å²) in [5, 5.41) is 0. The molecule has 4 atom stereocenters. The van der Waals surface area contributed by atoms with Gasteiger partial charge >= 0.3 is 0 Å². The van der Waals surface area contributed by atoms with Crippen molar-refractivity contribution in [2.45, 2.75) is 188 Å². The number of rotatable bonds is 16. The van der Waals surface area contributed by atoms with Crippen LogP contribution in [0, 0.1) is 23.7 Å². The zero-order valence-electron chi connectivity index (χ0n) is 32.6. The van der Waals surface area contributed by atoms with Gasteiger partial charge in [0.1, 0.15) is 10.5 Å². The summed E-state index contributed by atoms with van der Waals surface area (Å²) in [5.74, 6) is 3.59. The third kappa shape index (κ3) is 58.7. The van der Waals surface area contributed by atoms with Gasteiger partial charge in [0, 0.05) is 0 Å². The maximum absolute atomic E-state index is 7.14. The summed E-state index contributed by atoms with van der Waals surface area (Å²) in [6, 6.07) is 0. The zero-order chi connectivity index (χ0) is 33.9. The highest BCUT2D eigenvalue weighted by atomic mass is 28.2. The Hall–Kier alpha value is -0.863. The van der Waals surface area contributed by atoms with Gasteiger partial charge in [0.15, 0.2) is 0 Å². The van der Waals surface area contributed by atoms with E-state index in [0.717, 1.165) is 23.7 Å². The van der Waals surface area contributed by atoms with Crippen LogP contribution >= 0.6 is 0 Å². The van der Waals surface area contributed by atoms with Crippen LogP contribution in [0.1, 0.15) is 188 Å². The lowest BCUT2D eigenvalue weighted by molar-refractivity contribution is 0.521. The van der Waals surface area contributed by atoms with Crippen LogP contribution in [0.15, 0.2) is 46.6 Å². The molecule has 0 bridgehead atoms. The Labute approximate surface area is 272 Å². The van der Waals surface area contributed by atoms with E-state index in [2.05, 4.69) is 135 Å². The second kappa shape index (κ2) is 40.1. The predicted molar refractivity (Wildman–Crippen MR) is 205 cm³/mol. The lowest BCUT2D eigenvalue weighted by Crippen LogP contribution is -1.89. The normalized spacial score (nSPS) is 12.4. The minimum atomic E-state index is 0.306. The Balaban J connectivity index is -0.000000142. The average Bonchev–Trinajstić information content (AvgIpc) is 2.93. The summed E-state index contributed by atoms with van der Waals surface area (Å²) in [7, 11) is 0.306. The molecule has 0 heterocycles. The van der Waals surface area contributed by atoms with Crippen LogP contribution in [0.2, 0.25) is 0 Å². The maximum atomic E-state index is 7.14. The molecule has 0 amide bonds. The van der Waals surface area contributed by atoms with Crippen molar-refractivity contribution in [1.82, 2.24) is 0 Å². The van der Waals surface area contributed by atoms with Crippen LogP contribution in [0.25, 0.3) is 0 Å². The number of hydrogen-bond donors (Lipinski definition) is 1. The Bertz CT molecular complexity index is 512. The van der Waals surface area contributed by atoms with E-state index in [9.17, 15) is 0 Å². The third-order valence-corrected chi connectivity index (χ3v) is 7.64. The Morgan fingerprint density at radius 1 is 0.405 bits per heavy atom. The quantitative estimate of drug-likeness (QED) is 0.136. The van der Waals surface area contributed by atoms with Gasteiger partial charge in [-0.05, 0) is 130 Å². The Kier molecular flexibility index (Phi) is 48.5. The second-order valence-electron chi connectivity index (χ2n) is 13.5. The van der Waals surface area contributed by atoms with Crippen LogP contribution in [-0.2, 0) is 0 Å². The second-order valence-corrected chi connectivity index (χ2v) is 13.5. The molecule has 0 rings (SSSR count). The van der Waals surface area contributed by atoms with Crippen molar-refractivity contribution >= 4 is 10.5 Å². The smallest absolute Gasteiger partial charge is 0.141 e. The molecule has 0 spiro atoms. The van der Waals surface area contributed by atoms with E-state index in [1.807, 2.05) is 0 Å². The van der Waals surface area contributed by atoms with E-state index in [1.165, 1.54) is 99.3 Å².